The van der Waals surface area contributed by atoms with Crippen LogP contribution in [0.25, 0.3) is 11.3 Å². The highest BCUT2D eigenvalue weighted by molar-refractivity contribution is 5.96. The van der Waals surface area contributed by atoms with Crippen molar-refractivity contribution >= 4 is 23.5 Å². The second-order valence-electron chi connectivity index (χ2n) is 5.49. The molecule has 1 aromatic rings. The number of esters is 1. The number of allylic oxidation sites excluding steroid dienone is 4. The lowest BCUT2D eigenvalue weighted by molar-refractivity contribution is -0.138. The van der Waals surface area contributed by atoms with E-state index < -0.39 is 5.97 Å². The molecule has 0 saturated carbocycles. The molecule has 0 aromatic carbocycles. The van der Waals surface area contributed by atoms with Gasteiger partial charge in [-0.2, -0.15) is 5.10 Å². The molecule has 0 fully saturated rings. The third-order valence-corrected chi connectivity index (χ3v) is 3.97. The van der Waals surface area contributed by atoms with Crippen molar-refractivity contribution in [2.24, 2.45) is 5.10 Å². The van der Waals surface area contributed by atoms with Crippen LogP contribution in [0.15, 0.2) is 41.3 Å². The van der Waals surface area contributed by atoms with E-state index in [1.165, 1.54) is 12.1 Å². The van der Waals surface area contributed by atoms with Crippen molar-refractivity contribution in [2.75, 3.05) is 7.11 Å². The van der Waals surface area contributed by atoms with Crippen LogP contribution in [0.2, 0.25) is 0 Å². The van der Waals surface area contributed by atoms with Crippen LogP contribution in [0.3, 0.4) is 0 Å². The first-order valence-corrected chi connectivity index (χ1v) is 8.13. The third-order valence-electron chi connectivity index (χ3n) is 3.97. The quantitative estimate of drug-likeness (QED) is 0.514. The molecule has 2 aliphatic rings. The summed E-state index contributed by atoms with van der Waals surface area (Å²) in [6.45, 7) is 2.11. The Labute approximate surface area is 153 Å². The zero-order chi connectivity index (χ0) is 19.1. The Hall–Kier alpha value is -3.33. The largest absolute Gasteiger partial charge is 0.505 e. The van der Waals surface area contributed by atoms with Gasteiger partial charge in [0.05, 0.1) is 19.3 Å². The van der Waals surface area contributed by atoms with E-state index >= 15 is 0 Å². The van der Waals surface area contributed by atoms with E-state index in [-0.39, 0.29) is 11.5 Å². The van der Waals surface area contributed by atoms with Crippen LogP contribution in [0.5, 0.6) is 0 Å². The van der Waals surface area contributed by atoms with Gasteiger partial charge in [-0.15, -0.1) is 12.8 Å². The fourth-order valence-electron chi connectivity index (χ4n) is 2.83. The van der Waals surface area contributed by atoms with Crippen LogP contribution in [0.4, 0.5) is 0 Å². The number of pyridine rings is 1. The minimum absolute atomic E-state index is 0.0226. The summed E-state index contributed by atoms with van der Waals surface area (Å²) in [6, 6.07) is 1.93. The lowest BCUT2D eigenvalue weighted by Gasteiger charge is -2.27. The molecule has 1 N–H and O–H groups in total. The van der Waals surface area contributed by atoms with E-state index in [0.717, 1.165) is 29.7 Å². The van der Waals surface area contributed by atoms with Crippen molar-refractivity contribution in [1.29, 1.82) is 0 Å². The van der Waals surface area contributed by atoms with Crippen LogP contribution < -0.4 is 0 Å². The number of ether oxygens (including phenoxy) is 1. The highest BCUT2D eigenvalue weighted by Gasteiger charge is 2.31. The van der Waals surface area contributed by atoms with Gasteiger partial charge in [-0.25, -0.2) is 4.79 Å². The van der Waals surface area contributed by atoms with E-state index in [4.69, 9.17) is 4.74 Å². The predicted molar refractivity (Wildman–Crippen MR) is 102 cm³/mol. The number of hydrogen-bond acceptors (Lipinski definition) is 6. The lowest BCUT2D eigenvalue weighted by atomic mass is 9.98. The first kappa shape index (κ1) is 19.0. The summed E-state index contributed by atoms with van der Waals surface area (Å²) in [5.41, 5.74) is 3.32. The highest BCUT2D eigenvalue weighted by Crippen LogP contribution is 2.32. The Morgan fingerprint density at radius 3 is 2.81 bits per heavy atom. The van der Waals surface area contributed by atoms with Crippen LogP contribution in [-0.4, -0.2) is 34.4 Å². The number of nitrogens with zero attached hydrogens (tertiary/aromatic N) is 3. The second-order valence-corrected chi connectivity index (χ2v) is 5.49. The number of fused-ring (bicyclic) bond motifs is 1. The Morgan fingerprint density at radius 2 is 2.19 bits per heavy atom. The number of aliphatic hydroxyl groups excluding tert-OH is 1. The van der Waals surface area contributed by atoms with Crippen molar-refractivity contribution in [3.05, 3.63) is 53.0 Å². The summed E-state index contributed by atoms with van der Waals surface area (Å²) >= 11 is 0. The molecule has 0 unspecified atom stereocenters. The molecular formula is C20H21N3O3. The SMILES string of the molecule is C#C.C/C=N\N1Cc2cc(C3=CCCC=C3)ncc2C(O)=C1C(=O)OC. The Morgan fingerprint density at radius 1 is 1.42 bits per heavy atom. The van der Waals surface area contributed by atoms with Crippen molar-refractivity contribution in [1.82, 2.24) is 9.99 Å². The first-order valence-electron chi connectivity index (χ1n) is 8.13. The molecule has 0 amide bonds. The van der Waals surface area contributed by atoms with Crippen molar-refractivity contribution in [3.8, 4) is 12.8 Å². The number of terminal acetylenes is 1. The lowest BCUT2D eigenvalue weighted by Crippen LogP contribution is -2.29. The Kier molecular flexibility index (Phi) is 6.34. The smallest absolute Gasteiger partial charge is 0.360 e. The number of carbonyl (C=O) groups excluding carboxylic acids is 1. The molecule has 0 saturated heterocycles. The monoisotopic (exact) mass is 351 g/mol. The highest BCUT2D eigenvalue weighted by atomic mass is 16.5. The minimum Gasteiger partial charge on any atom is -0.505 e. The summed E-state index contributed by atoms with van der Waals surface area (Å²) in [5, 5.41) is 16.1. The fraction of sp³-hybridized carbons (Fsp3) is 0.250. The molecule has 26 heavy (non-hydrogen) atoms. The van der Waals surface area contributed by atoms with Crippen LogP contribution >= 0.6 is 0 Å². The Balaban J connectivity index is 0.00000117. The van der Waals surface area contributed by atoms with Gasteiger partial charge >= 0.3 is 5.97 Å². The van der Waals surface area contributed by atoms with Gasteiger partial charge in [-0.05, 0) is 37.0 Å². The molecule has 6 heteroatoms. The number of hydrazone groups is 1. The number of rotatable bonds is 3. The molecule has 6 nitrogen and oxygen atoms in total. The molecule has 3 rings (SSSR count). The maximum atomic E-state index is 12.0. The zero-order valence-electron chi connectivity index (χ0n) is 14.8. The molecule has 1 aromatic heterocycles. The Bertz CT molecular complexity index is 832. The first-order chi connectivity index (χ1) is 12.7. The maximum Gasteiger partial charge on any atom is 0.360 e. The zero-order valence-corrected chi connectivity index (χ0v) is 14.8. The summed E-state index contributed by atoms with van der Waals surface area (Å²) in [6.07, 6.45) is 19.5. The molecule has 0 bridgehead atoms. The standard InChI is InChI=1S/C18H19N3O3.C2H2/c1-3-20-21-11-13-9-15(12-7-5-4-6-8-12)19-10-14(13)17(22)16(21)18(23)24-2;1-2/h3,5,7-10,22H,4,6,11H2,1-2H3;1-2H/b20-3-;. The van der Waals surface area contributed by atoms with Gasteiger partial charge in [-0.3, -0.25) is 9.99 Å². The third kappa shape index (κ3) is 3.67. The molecule has 1 aliphatic heterocycles. The van der Waals surface area contributed by atoms with Gasteiger partial charge in [0.25, 0.3) is 0 Å². The van der Waals surface area contributed by atoms with Crippen molar-refractivity contribution in [2.45, 2.75) is 26.3 Å². The number of hydrogen-bond donors (Lipinski definition) is 1. The van der Waals surface area contributed by atoms with E-state index in [1.54, 1.807) is 19.3 Å². The van der Waals surface area contributed by atoms with Crippen molar-refractivity contribution in [3.63, 3.8) is 0 Å². The van der Waals surface area contributed by atoms with Crippen LogP contribution in [-0.2, 0) is 16.1 Å². The van der Waals surface area contributed by atoms with Crippen LogP contribution in [0, 0.1) is 12.8 Å². The van der Waals surface area contributed by atoms with Gasteiger partial charge in [0.15, 0.2) is 11.5 Å². The fourth-order valence-corrected chi connectivity index (χ4v) is 2.83. The topological polar surface area (TPSA) is 75.0 Å². The number of carbonyl (C=O) groups is 1. The normalized spacial score (nSPS) is 15.8. The summed E-state index contributed by atoms with van der Waals surface area (Å²) < 4.78 is 4.76. The van der Waals surface area contributed by atoms with Gasteiger partial charge in [0.2, 0.25) is 0 Å². The average Bonchev–Trinajstić information content (AvgIpc) is 2.70. The summed E-state index contributed by atoms with van der Waals surface area (Å²) in [7, 11) is 1.27. The number of aliphatic hydroxyl groups is 1. The van der Waals surface area contributed by atoms with Gasteiger partial charge in [0, 0.05) is 18.0 Å². The molecule has 1 aliphatic carbocycles. The van der Waals surface area contributed by atoms with Gasteiger partial charge in [0.1, 0.15) is 0 Å². The van der Waals surface area contributed by atoms with E-state index in [0.29, 0.717) is 12.1 Å². The molecular weight excluding hydrogens is 330 g/mol. The minimum atomic E-state index is -0.634. The molecule has 0 atom stereocenters. The van der Waals surface area contributed by atoms with E-state index in [1.807, 2.05) is 6.07 Å². The molecule has 0 spiro atoms. The summed E-state index contributed by atoms with van der Waals surface area (Å²) in [5.74, 6) is -0.799. The predicted octanol–water partition coefficient (Wildman–Crippen LogP) is 3.29. The molecule has 0 radical (unpaired) electrons. The maximum absolute atomic E-state index is 12.0. The van der Waals surface area contributed by atoms with Crippen LogP contribution in [0.1, 0.15) is 36.6 Å². The number of methoxy groups -OCH3 is 1. The number of aromatic nitrogens is 1. The average molecular weight is 351 g/mol. The molecule has 2 heterocycles. The van der Waals surface area contributed by atoms with E-state index in [9.17, 15) is 9.90 Å². The van der Waals surface area contributed by atoms with E-state index in [2.05, 4.69) is 41.2 Å². The summed E-state index contributed by atoms with van der Waals surface area (Å²) in [4.78, 5) is 16.4. The molecule has 134 valence electrons. The second kappa shape index (κ2) is 8.67. The van der Waals surface area contributed by atoms with Crippen molar-refractivity contribution < 1.29 is 14.6 Å². The van der Waals surface area contributed by atoms with Gasteiger partial charge in [-0.1, -0.05) is 18.2 Å². The van der Waals surface area contributed by atoms with Gasteiger partial charge < -0.3 is 9.84 Å².